The van der Waals surface area contributed by atoms with Crippen molar-refractivity contribution in [1.82, 2.24) is 0 Å². The summed E-state index contributed by atoms with van der Waals surface area (Å²) in [6.07, 6.45) is 26.2. The zero-order valence-corrected chi connectivity index (χ0v) is 30.2. The molecular weight excluding hydrogens is 593 g/mol. The monoisotopic (exact) mass is 652 g/mol. The average Bonchev–Trinajstić information content (AvgIpc) is 3.08. The van der Waals surface area contributed by atoms with E-state index in [9.17, 15) is 0 Å². The van der Waals surface area contributed by atoms with Gasteiger partial charge in [-0.2, -0.15) is 0 Å². The van der Waals surface area contributed by atoms with Gasteiger partial charge in [0.25, 0.3) is 0 Å². The SMILES string of the molecule is C=CCc1ccccc1O[Si](CCCCCCCCCCCCCCCC)(Oc1ccccc1CC=C)Oc1ccccc1CC=C. The van der Waals surface area contributed by atoms with Crippen molar-refractivity contribution in [2.75, 3.05) is 0 Å². The van der Waals surface area contributed by atoms with Gasteiger partial charge in [0.2, 0.25) is 0 Å². The van der Waals surface area contributed by atoms with Crippen LogP contribution in [0.2, 0.25) is 6.04 Å². The Labute approximate surface area is 288 Å². The molecule has 3 nitrogen and oxygen atoms in total. The van der Waals surface area contributed by atoms with E-state index in [1.807, 2.05) is 72.8 Å². The van der Waals surface area contributed by atoms with Crippen LogP contribution in [0.1, 0.15) is 114 Å². The van der Waals surface area contributed by atoms with Gasteiger partial charge in [-0.15, -0.1) is 19.7 Å². The van der Waals surface area contributed by atoms with Gasteiger partial charge in [-0.05, 0) is 60.6 Å². The third kappa shape index (κ3) is 14.0. The van der Waals surface area contributed by atoms with Crippen molar-refractivity contribution in [3.63, 3.8) is 0 Å². The molecule has 0 radical (unpaired) electrons. The normalized spacial score (nSPS) is 11.2. The Morgan fingerprint density at radius 2 is 0.745 bits per heavy atom. The molecule has 4 heteroatoms. The quantitative estimate of drug-likeness (QED) is 0.0466. The van der Waals surface area contributed by atoms with E-state index in [1.54, 1.807) is 0 Å². The van der Waals surface area contributed by atoms with Crippen LogP contribution in [-0.4, -0.2) is 8.80 Å². The molecule has 0 atom stereocenters. The minimum absolute atomic E-state index is 0.707. The maximum Gasteiger partial charge on any atom is 0.699 e. The molecule has 47 heavy (non-hydrogen) atoms. The molecule has 0 bridgehead atoms. The fourth-order valence-electron chi connectivity index (χ4n) is 6.04. The minimum Gasteiger partial charge on any atom is -0.483 e. The molecule has 0 aliphatic carbocycles. The first-order valence-electron chi connectivity index (χ1n) is 18.3. The zero-order valence-electron chi connectivity index (χ0n) is 29.2. The van der Waals surface area contributed by atoms with E-state index < -0.39 is 8.80 Å². The molecule has 3 aromatic carbocycles. The third-order valence-electron chi connectivity index (χ3n) is 8.64. The van der Waals surface area contributed by atoms with Crippen LogP contribution in [-0.2, 0) is 19.3 Å². The number of hydrogen-bond acceptors (Lipinski definition) is 3. The highest BCUT2D eigenvalue weighted by atomic mass is 28.4. The Balaban J connectivity index is 1.76. The van der Waals surface area contributed by atoms with Gasteiger partial charge >= 0.3 is 8.80 Å². The first-order chi connectivity index (χ1) is 23.1. The number of para-hydroxylation sites is 3. The second-order valence-electron chi connectivity index (χ2n) is 12.6. The standard InChI is InChI=1S/C43H60O3Si/c1-5-9-10-11-12-13-14-15-16-17-18-19-20-27-37-47(44-41-34-24-21-31-38(41)28-6-2,45-42-35-25-22-32-39(42)29-7-3)46-43-36-26-23-33-40(43)30-8-4/h6-8,21-26,31-36H,2-5,9-20,27-30,37H2,1H3. The van der Waals surface area contributed by atoms with Gasteiger partial charge in [-0.1, -0.05) is 163 Å². The van der Waals surface area contributed by atoms with Crippen LogP contribution in [0.25, 0.3) is 0 Å². The van der Waals surface area contributed by atoms with Crippen molar-refractivity contribution in [2.24, 2.45) is 0 Å². The molecule has 0 aliphatic rings. The van der Waals surface area contributed by atoms with Crippen LogP contribution < -0.4 is 13.3 Å². The summed E-state index contributed by atoms with van der Waals surface area (Å²) in [6.45, 7) is 14.2. The summed E-state index contributed by atoms with van der Waals surface area (Å²) in [6, 6.07) is 25.3. The summed E-state index contributed by atoms with van der Waals surface area (Å²) in [4.78, 5) is 0. The van der Waals surface area contributed by atoms with Crippen LogP contribution in [0.3, 0.4) is 0 Å². The second-order valence-corrected chi connectivity index (χ2v) is 15.1. The summed E-state index contributed by atoms with van der Waals surface area (Å²) < 4.78 is 21.2. The fraction of sp³-hybridized carbons (Fsp3) is 0.442. The van der Waals surface area contributed by atoms with Crippen molar-refractivity contribution < 1.29 is 13.3 Å². The average molecular weight is 653 g/mol. The highest BCUT2D eigenvalue weighted by Crippen LogP contribution is 2.33. The topological polar surface area (TPSA) is 27.7 Å². The van der Waals surface area contributed by atoms with E-state index in [1.165, 1.54) is 77.0 Å². The van der Waals surface area contributed by atoms with Gasteiger partial charge in [-0.3, -0.25) is 0 Å². The number of hydrogen-bond donors (Lipinski definition) is 0. The van der Waals surface area contributed by atoms with Crippen LogP contribution in [0.5, 0.6) is 17.2 Å². The van der Waals surface area contributed by atoms with Crippen molar-refractivity contribution in [1.29, 1.82) is 0 Å². The fourth-order valence-corrected chi connectivity index (χ4v) is 8.75. The van der Waals surface area contributed by atoms with E-state index in [2.05, 4.69) is 44.9 Å². The summed E-state index contributed by atoms with van der Waals surface area (Å²) in [5, 5.41) is 0. The lowest BCUT2D eigenvalue weighted by Crippen LogP contribution is -2.55. The van der Waals surface area contributed by atoms with Crippen molar-refractivity contribution in [2.45, 2.75) is 122 Å². The van der Waals surface area contributed by atoms with Gasteiger partial charge in [-0.25, -0.2) is 0 Å². The predicted molar refractivity (Wildman–Crippen MR) is 204 cm³/mol. The van der Waals surface area contributed by atoms with E-state index in [-0.39, 0.29) is 0 Å². The van der Waals surface area contributed by atoms with Crippen LogP contribution in [0.15, 0.2) is 111 Å². The van der Waals surface area contributed by atoms with Gasteiger partial charge in [0.15, 0.2) is 0 Å². The molecule has 0 heterocycles. The number of benzene rings is 3. The molecule has 0 spiro atoms. The van der Waals surface area contributed by atoms with Gasteiger partial charge in [0.05, 0.1) is 6.04 Å². The molecule has 0 fully saturated rings. The van der Waals surface area contributed by atoms with Gasteiger partial charge in [0, 0.05) is 0 Å². The van der Waals surface area contributed by atoms with Crippen LogP contribution in [0, 0.1) is 0 Å². The van der Waals surface area contributed by atoms with Crippen LogP contribution in [0.4, 0.5) is 0 Å². The van der Waals surface area contributed by atoms with E-state index in [0.717, 1.165) is 46.8 Å². The molecule has 0 saturated heterocycles. The molecule has 0 amide bonds. The molecule has 254 valence electrons. The van der Waals surface area contributed by atoms with Crippen LogP contribution >= 0.6 is 0 Å². The van der Waals surface area contributed by atoms with E-state index in [0.29, 0.717) is 25.3 Å². The molecule has 3 aromatic rings. The summed E-state index contributed by atoms with van der Waals surface area (Å²) in [7, 11) is -3.40. The number of unbranched alkanes of at least 4 members (excludes halogenated alkanes) is 13. The molecule has 0 N–H and O–H groups in total. The molecule has 3 rings (SSSR count). The maximum atomic E-state index is 7.07. The largest absolute Gasteiger partial charge is 0.699 e. The summed E-state index contributed by atoms with van der Waals surface area (Å²) in [5.74, 6) is 2.39. The summed E-state index contributed by atoms with van der Waals surface area (Å²) in [5.41, 5.74) is 3.23. The van der Waals surface area contributed by atoms with Gasteiger partial charge in [0.1, 0.15) is 17.2 Å². The Morgan fingerprint density at radius 3 is 1.06 bits per heavy atom. The Morgan fingerprint density at radius 1 is 0.447 bits per heavy atom. The molecule has 0 saturated carbocycles. The molecule has 0 aromatic heterocycles. The number of allylic oxidation sites excluding steroid dienone is 3. The van der Waals surface area contributed by atoms with Crippen molar-refractivity contribution in [3.05, 3.63) is 127 Å². The van der Waals surface area contributed by atoms with Crippen molar-refractivity contribution in [3.8, 4) is 17.2 Å². The number of rotatable bonds is 27. The Hall–Kier alpha value is -3.50. The maximum absolute atomic E-state index is 7.07. The Bertz CT molecular complexity index is 1180. The highest BCUT2D eigenvalue weighted by Gasteiger charge is 2.49. The smallest absolute Gasteiger partial charge is 0.483 e. The third-order valence-corrected chi connectivity index (χ3v) is 11.2. The van der Waals surface area contributed by atoms with Crippen molar-refractivity contribution >= 4 is 8.80 Å². The minimum atomic E-state index is -3.40. The first kappa shape index (κ1) is 37.9. The lowest BCUT2D eigenvalue weighted by Gasteiger charge is -2.32. The lowest BCUT2D eigenvalue weighted by atomic mass is 10.0. The lowest BCUT2D eigenvalue weighted by molar-refractivity contribution is 0.255. The first-order valence-corrected chi connectivity index (χ1v) is 20.2. The van der Waals surface area contributed by atoms with E-state index in [4.69, 9.17) is 13.3 Å². The second kappa shape index (κ2) is 22.9. The zero-order chi connectivity index (χ0) is 33.4. The molecular formula is C43H60O3Si. The molecule has 0 aliphatic heterocycles. The predicted octanol–water partition coefficient (Wildman–Crippen LogP) is 12.8. The van der Waals surface area contributed by atoms with Gasteiger partial charge < -0.3 is 13.3 Å². The van der Waals surface area contributed by atoms with E-state index >= 15 is 0 Å². The summed E-state index contributed by atoms with van der Waals surface area (Å²) >= 11 is 0. The molecule has 0 unspecified atom stereocenters. The Kier molecular flexibility index (Phi) is 18.5. The highest BCUT2D eigenvalue weighted by molar-refractivity contribution is 6.63.